The molecule has 3 rings (SSSR count). The van der Waals surface area contributed by atoms with Crippen molar-refractivity contribution in [3.05, 3.63) is 64.5 Å². The SMILES string of the molecule is COc1ccc(Nc2nc(N)c([N+](=O)[O-])c(Nc3cccc(F)c3)n2)cc1. The van der Waals surface area contributed by atoms with Gasteiger partial charge < -0.3 is 21.1 Å². The number of ether oxygens (including phenoxy) is 1. The summed E-state index contributed by atoms with van der Waals surface area (Å²) in [5.41, 5.74) is 6.15. The van der Waals surface area contributed by atoms with Crippen LogP contribution in [0.1, 0.15) is 0 Å². The molecule has 0 saturated heterocycles. The number of anilines is 5. The number of nitrogens with zero attached hydrogens (tertiary/aromatic N) is 3. The molecule has 9 nitrogen and oxygen atoms in total. The Bertz CT molecular complexity index is 981. The Morgan fingerprint density at radius 2 is 1.85 bits per heavy atom. The van der Waals surface area contributed by atoms with Crippen LogP contribution in [-0.4, -0.2) is 22.0 Å². The predicted molar refractivity (Wildman–Crippen MR) is 99.1 cm³/mol. The van der Waals surface area contributed by atoms with Crippen LogP contribution in [-0.2, 0) is 0 Å². The van der Waals surface area contributed by atoms with E-state index >= 15 is 0 Å². The third kappa shape index (κ3) is 4.18. The molecular weight excluding hydrogens is 355 g/mol. The molecule has 0 aliphatic rings. The number of nitrogen functional groups attached to an aromatic ring is 1. The van der Waals surface area contributed by atoms with E-state index in [4.69, 9.17) is 10.5 Å². The molecule has 27 heavy (non-hydrogen) atoms. The van der Waals surface area contributed by atoms with Crippen LogP contribution < -0.4 is 21.1 Å². The van der Waals surface area contributed by atoms with E-state index in [-0.39, 0.29) is 23.3 Å². The molecule has 4 N–H and O–H groups in total. The fourth-order valence-electron chi connectivity index (χ4n) is 2.30. The van der Waals surface area contributed by atoms with E-state index in [2.05, 4.69) is 20.6 Å². The molecular formula is C17H15FN6O3. The molecule has 0 saturated carbocycles. The van der Waals surface area contributed by atoms with E-state index in [9.17, 15) is 14.5 Å². The number of nitrogens with one attached hydrogen (secondary N) is 2. The van der Waals surface area contributed by atoms with Crippen molar-refractivity contribution < 1.29 is 14.1 Å². The van der Waals surface area contributed by atoms with Crippen LogP contribution in [0.4, 0.5) is 39.0 Å². The molecule has 0 aliphatic heterocycles. The maximum absolute atomic E-state index is 13.4. The molecule has 0 bridgehead atoms. The van der Waals surface area contributed by atoms with Crippen molar-refractivity contribution in [2.75, 3.05) is 23.5 Å². The highest BCUT2D eigenvalue weighted by Crippen LogP contribution is 2.32. The van der Waals surface area contributed by atoms with Gasteiger partial charge in [0.25, 0.3) is 0 Å². The highest BCUT2D eigenvalue weighted by atomic mass is 19.1. The number of rotatable bonds is 6. The summed E-state index contributed by atoms with van der Waals surface area (Å²) in [5.74, 6) is -0.277. The van der Waals surface area contributed by atoms with Crippen molar-refractivity contribution in [2.45, 2.75) is 0 Å². The molecule has 0 spiro atoms. The Hall–Kier alpha value is -3.95. The second kappa shape index (κ2) is 7.52. The Labute approximate surface area is 153 Å². The standard InChI is InChI=1S/C17H15FN6O3/c1-27-13-7-5-11(6-8-13)21-17-22-15(19)14(24(25)26)16(23-17)20-12-4-2-3-10(18)9-12/h2-9H,1H3,(H4,19,20,21,22,23). The molecule has 3 aromatic rings. The van der Waals surface area contributed by atoms with Gasteiger partial charge in [0.05, 0.1) is 12.0 Å². The van der Waals surface area contributed by atoms with E-state index in [1.165, 1.54) is 18.2 Å². The molecule has 1 aromatic heterocycles. The largest absolute Gasteiger partial charge is 0.497 e. The van der Waals surface area contributed by atoms with E-state index < -0.39 is 16.4 Å². The smallest absolute Gasteiger partial charge is 0.353 e. The maximum atomic E-state index is 13.4. The minimum absolute atomic E-state index is 0.0437. The quantitative estimate of drug-likeness (QED) is 0.443. The van der Waals surface area contributed by atoms with E-state index in [1.807, 2.05) is 0 Å². The number of nitrogens with two attached hydrogens (primary N) is 1. The number of benzene rings is 2. The summed E-state index contributed by atoms with van der Waals surface area (Å²) in [6.45, 7) is 0. The van der Waals surface area contributed by atoms with Gasteiger partial charge in [-0.25, -0.2) is 4.39 Å². The summed E-state index contributed by atoms with van der Waals surface area (Å²) in [6, 6.07) is 12.3. The Kier molecular flexibility index (Phi) is 4.97. The van der Waals surface area contributed by atoms with E-state index in [0.717, 1.165) is 0 Å². The van der Waals surface area contributed by atoms with Crippen molar-refractivity contribution in [1.82, 2.24) is 9.97 Å². The number of methoxy groups -OCH3 is 1. The van der Waals surface area contributed by atoms with Gasteiger partial charge in [-0.3, -0.25) is 10.1 Å². The first kappa shape index (κ1) is 17.9. The van der Waals surface area contributed by atoms with Crippen LogP contribution in [0.3, 0.4) is 0 Å². The van der Waals surface area contributed by atoms with Crippen molar-refractivity contribution >= 4 is 34.6 Å². The predicted octanol–water partition coefficient (Wildman–Crippen LogP) is 3.60. The average Bonchev–Trinajstić information content (AvgIpc) is 2.61. The zero-order valence-electron chi connectivity index (χ0n) is 14.1. The highest BCUT2D eigenvalue weighted by Gasteiger charge is 2.23. The van der Waals surface area contributed by atoms with Gasteiger partial charge in [0.1, 0.15) is 11.6 Å². The van der Waals surface area contributed by atoms with Gasteiger partial charge in [0.15, 0.2) is 0 Å². The zero-order chi connectivity index (χ0) is 19.4. The van der Waals surface area contributed by atoms with Gasteiger partial charge in [-0.05, 0) is 42.5 Å². The van der Waals surface area contributed by atoms with E-state index in [1.54, 1.807) is 37.4 Å². The molecule has 2 aromatic carbocycles. The lowest BCUT2D eigenvalue weighted by Gasteiger charge is -2.11. The summed E-state index contributed by atoms with van der Waals surface area (Å²) < 4.78 is 18.5. The van der Waals surface area contributed by atoms with Crippen LogP contribution in [0.15, 0.2) is 48.5 Å². The molecule has 1 heterocycles. The number of nitro groups is 1. The Balaban J connectivity index is 1.95. The number of halogens is 1. The lowest BCUT2D eigenvalue weighted by Crippen LogP contribution is -2.08. The normalized spacial score (nSPS) is 10.3. The van der Waals surface area contributed by atoms with Crippen LogP contribution in [0.5, 0.6) is 5.75 Å². The minimum Gasteiger partial charge on any atom is -0.497 e. The average molecular weight is 370 g/mol. The molecule has 0 fully saturated rings. The fourth-order valence-corrected chi connectivity index (χ4v) is 2.30. The molecule has 138 valence electrons. The summed E-state index contributed by atoms with van der Waals surface area (Å²) in [4.78, 5) is 18.7. The van der Waals surface area contributed by atoms with Crippen molar-refractivity contribution in [3.8, 4) is 5.75 Å². The second-order valence-corrected chi connectivity index (χ2v) is 5.38. The fraction of sp³-hybridized carbons (Fsp3) is 0.0588. The molecule has 0 unspecified atom stereocenters. The van der Waals surface area contributed by atoms with Gasteiger partial charge in [-0.2, -0.15) is 9.97 Å². The van der Waals surface area contributed by atoms with Crippen molar-refractivity contribution in [2.24, 2.45) is 0 Å². The monoisotopic (exact) mass is 370 g/mol. The number of hydrogen-bond acceptors (Lipinski definition) is 8. The van der Waals surface area contributed by atoms with Crippen LogP contribution in [0.25, 0.3) is 0 Å². The summed E-state index contributed by atoms with van der Waals surface area (Å²) in [6.07, 6.45) is 0. The zero-order valence-corrected chi connectivity index (χ0v) is 14.1. The van der Waals surface area contributed by atoms with Crippen LogP contribution in [0, 0.1) is 15.9 Å². The van der Waals surface area contributed by atoms with Gasteiger partial charge >= 0.3 is 5.69 Å². The van der Waals surface area contributed by atoms with Crippen molar-refractivity contribution in [1.29, 1.82) is 0 Å². The van der Waals surface area contributed by atoms with Crippen molar-refractivity contribution in [3.63, 3.8) is 0 Å². The first-order valence-corrected chi connectivity index (χ1v) is 7.72. The van der Waals surface area contributed by atoms with Gasteiger partial charge in [0.2, 0.25) is 17.6 Å². The topological polar surface area (TPSA) is 128 Å². The first-order valence-electron chi connectivity index (χ1n) is 7.72. The first-order chi connectivity index (χ1) is 13.0. The third-order valence-electron chi connectivity index (χ3n) is 3.53. The Morgan fingerprint density at radius 1 is 1.11 bits per heavy atom. The molecule has 0 amide bonds. The lowest BCUT2D eigenvalue weighted by molar-refractivity contribution is -0.383. The summed E-state index contributed by atoms with van der Waals surface area (Å²) in [5, 5.41) is 16.9. The third-order valence-corrected chi connectivity index (χ3v) is 3.53. The van der Waals surface area contributed by atoms with Gasteiger partial charge in [-0.15, -0.1) is 0 Å². The van der Waals surface area contributed by atoms with Crippen LogP contribution >= 0.6 is 0 Å². The summed E-state index contributed by atoms with van der Waals surface area (Å²) >= 11 is 0. The number of hydrogen-bond donors (Lipinski definition) is 3. The minimum atomic E-state index is -0.700. The summed E-state index contributed by atoms with van der Waals surface area (Å²) in [7, 11) is 1.55. The van der Waals surface area contributed by atoms with Gasteiger partial charge in [0, 0.05) is 11.4 Å². The van der Waals surface area contributed by atoms with Crippen LogP contribution in [0.2, 0.25) is 0 Å². The second-order valence-electron chi connectivity index (χ2n) is 5.38. The molecule has 10 heteroatoms. The Morgan fingerprint density at radius 3 is 2.48 bits per heavy atom. The maximum Gasteiger partial charge on any atom is 0.353 e. The molecule has 0 radical (unpaired) electrons. The van der Waals surface area contributed by atoms with E-state index in [0.29, 0.717) is 11.4 Å². The van der Waals surface area contributed by atoms with Gasteiger partial charge in [-0.1, -0.05) is 6.07 Å². The highest BCUT2D eigenvalue weighted by molar-refractivity contribution is 5.75. The molecule has 0 aliphatic carbocycles. The molecule has 0 atom stereocenters. The number of aromatic nitrogens is 2. The lowest BCUT2D eigenvalue weighted by atomic mass is 10.3.